The minimum absolute atomic E-state index is 0.0539. The molecule has 1 spiro atoms. The number of rotatable bonds is 10. The summed E-state index contributed by atoms with van der Waals surface area (Å²) < 4.78 is 35.6. The average Bonchev–Trinajstić information content (AvgIpc) is 1.55. The zero-order chi connectivity index (χ0) is 101. The molecular weight excluding hydrogens is 1760 g/mol. The fourth-order valence-electron chi connectivity index (χ4n) is 26.6. The van der Waals surface area contributed by atoms with Gasteiger partial charge in [0.1, 0.15) is 28.2 Å². The van der Waals surface area contributed by atoms with Crippen LogP contribution in [0, 0.1) is 106 Å². The highest BCUT2D eigenvalue weighted by atomic mass is 16.4. The van der Waals surface area contributed by atoms with Gasteiger partial charge in [0, 0.05) is 134 Å². The van der Waals surface area contributed by atoms with Crippen molar-refractivity contribution >= 4 is 88.3 Å². The van der Waals surface area contributed by atoms with Crippen molar-refractivity contribution in [2.75, 3.05) is 0 Å². The lowest BCUT2D eigenvalue weighted by Crippen LogP contribution is -2.35. The number of nitrogens with zero attached hydrogens (tertiary/aromatic N) is 8. The summed E-state index contributed by atoms with van der Waals surface area (Å²) in [5, 5.41) is 9.02. The zero-order valence-electron chi connectivity index (χ0n) is 89.8. The second kappa shape index (κ2) is 34.4. The van der Waals surface area contributed by atoms with Gasteiger partial charge in [-0.2, -0.15) is 0 Å². The molecule has 144 heavy (non-hydrogen) atoms. The molecule has 20 aromatic rings. The average molecular weight is 1900 g/mol. The summed E-state index contributed by atoms with van der Waals surface area (Å²) >= 11 is 0. The van der Waals surface area contributed by atoms with Crippen LogP contribution >= 0.6 is 0 Å². The van der Waals surface area contributed by atoms with Crippen LogP contribution in [0.3, 0.4) is 0 Å². The van der Waals surface area contributed by atoms with Crippen molar-refractivity contribution in [3.63, 3.8) is 0 Å². The van der Waals surface area contributed by atoms with Crippen LogP contribution in [0.25, 0.3) is 178 Å². The third kappa shape index (κ3) is 15.1. The smallest absolute Gasteiger partial charge is 0.227 e. The molecule has 0 bridgehead atoms. The van der Waals surface area contributed by atoms with Crippen LogP contribution in [0.15, 0.2) is 237 Å². The molecular formula is C132H138N8O4+4. The number of hydrogen-bond donors (Lipinski definition) is 0. The van der Waals surface area contributed by atoms with Crippen LogP contribution in [-0.2, 0) is 49.9 Å². The van der Waals surface area contributed by atoms with Crippen molar-refractivity contribution in [1.82, 2.24) is 19.9 Å². The van der Waals surface area contributed by atoms with Gasteiger partial charge in [-0.25, -0.2) is 38.2 Å². The maximum absolute atomic E-state index is 6.80. The van der Waals surface area contributed by atoms with Gasteiger partial charge in [-0.05, 0) is 257 Å². The van der Waals surface area contributed by atoms with Gasteiger partial charge in [0.05, 0.1) is 44.7 Å². The molecule has 0 atom stereocenters. The molecule has 5 aliphatic carbocycles. The lowest BCUT2D eigenvalue weighted by molar-refractivity contribution is -0.660. The number of benzene rings is 8. The molecule has 0 saturated heterocycles. The molecule has 12 aromatic heterocycles. The Hall–Kier alpha value is -13.8. The highest BCUT2D eigenvalue weighted by molar-refractivity contribution is 6.16. The molecule has 0 radical (unpaired) electrons. The van der Waals surface area contributed by atoms with E-state index in [0.717, 1.165) is 148 Å². The van der Waals surface area contributed by atoms with Crippen LogP contribution < -0.4 is 18.3 Å². The lowest BCUT2D eigenvalue weighted by Gasteiger charge is -2.41. The molecule has 12 nitrogen and oxygen atoms in total. The SMILES string of the molecule is Cc1cc(-c2c(C)ccc3c2oc2nc4c(cc23)-c2ccccc2C4(CC(C)(C)C)CC(C)(C)C)[n+](C)cc1C.Cc1cc(-c2c(C)ccc3c2oc2nc4c(cc23)-c2ccccc2C4(CC(C)C)CC(C)C)[n+](C)cc1C.Cc1cc(-c2c(C)ccc3c2oc2nc4c(cc23)-c2ccccc2C42CCCC2)[n+](C)cc1C.Cc1cc(-c2c(C)ccc3c2oc2ncc4c(c23)C(C)(C)c2ccccc2-4)[n+](C)cc1C. The monoisotopic (exact) mass is 1900 g/mol. The Bertz CT molecular complexity index is 8770. The fraction of sp³-hybridized carbons (Fsp3) is 0.333. The molecule has 25 rings (SSSR count). The predicted molar refractivity (Wildman–Crippen MR) is 591 cm³/mol. The molecule has 8 aromatic carbocycles. The number of aromatic nitrogens is 8. The van der Waals surface area contributed by atoms with E-state index >= 15 is 0 Å². The maximum Gasteiger partial charge on any atom is 0.227 e. The van der Waals surface area contributed by atoms with E-state index in [1.165, 1.54) is 193 Å². The molecule has 12 heterocycles. The predicted octanol–water partition coefficient (Wildman–Crippen LogP) is 32.2. The quantitative estimate of drug-likeness (QED) is 0.124. The van der Waals surface area contributed by atoms with Gasteiger partial charge in [0.25, 0.3) is 0 Å². The second-order valence-electron chi connectivity index (χ2n) is 47.4. The standard InChI is InChI=1S/C37H43N2O.C35H39N2O.C31H29N2O.C29H27N2O/c1-22-15-16-26-28-18-27-25-13-11-12-14-29(25)37(20-35(4,5)6,21-36(7,8)9)33(27)38-34(28)40-32(26)31(22)30-17-23(2)24(3)19-39(30)10;1-20(2)17-35(18-21(3)4)29-12-10-9-11-25(29)27-16-28-26-14-13-22(5)31(32(26)38-34(28)36-33(27)35)30-15-23(6)24(7)19-37(30)8;1-18-11-12-22-24-16-23-21-9-5-6-10-25(21)31(13-7-8-14-31)29(23)32-30(24)34-28(22)27(18)26-15-19(2)20(3)17-33(26)4;1-16-11-12-20-25-26-21(19-9-7-8-10-22(19)29(26,4)5)14-30-28(25)32-27(20)24(16)23-13-17(2)18(3)15-31(23)6/h11-19H,20-21H2,1-10H3;9-16,19-21H,17-18H2,1-8H3;5-6,9-12,15-17H,7-8,13-14H2,1-4H3;7-15H,1-6H3/q4*+1. The Morgan fingerprint density at radius 3 is 0.993 bits per heavy atom. The van der Waals surface area contributed by atoms with Crippen molar-refractivity contribution < 1.29 is 35.9 Å². The lowest BCUT2D eigenvalue weighted by atomic mass is 9.63. The van der Waals surface area contributed by atoms with Crippen molar-refractivity contribution in [2.24, 2.45) is 50.9 Å². The number of furan rings is 4. The van der Waals surface area contributed by atoms with E-state index in [9.17, 15) is 0 Å². The van der Waals surface area contributed by atoms with Gasteiger partial charge >= 0.3 is 0 Å². The normalized spacial score (nSPS) is 14.7. The minimum atomic E-state index is -0.172. The van der Waals surface area contributed by atoms with Crippen molar-refractivity contribution in [1.29, 1.82) is 0 Å². The first-order valence-corrected chi connectivity index (χ1v) is 52.3. The van der Waals surface area contributed by atoms with E-state index in [0.29, 0.717) is 11.8 Å². The van der Waals surface area contributed by atoms with E-state index in [4.69, 9.17) is 37.6 Å². The Morgan fingerprint density at radius 2 is 0.618 bits per heavy atom. The largest absolute Gasteiger partial charge is 0.437 e. The number of aryl methyl sites for hydroxylation is 16. The van der Waals surface area contributed by atoms with Crippen molar-refractivity contribution in [3.8, 4) is 89.5 Å². The summed E-state index contributed by atoms with van der Waals surface area (Å²) in [7, 11) is 8.48. The van der Waals surface area contributed by atoms with Gasteiger partial charge in [-0.15, -0.1) is 0 Å². The van der Waals surface area contributed by atoms with E-state index in [1.54, 1.807) is 0 Å². The molecule has 1 saturated carbocycles. The van der Waals surface area contributed by atoms with E-state index < -0.39 is 0 Å². The molecule has 0 N–H and O–H groups in total. The summed E-state index contributed by atoms with van der Waals surface area (Å²) in [6, 6.07) is 69.6. The van der Waals surface area contributed by atoms with Crippen molar-refractivity contribution in [2.45, 2.75) is 239 Å². The number of fused-ring (bicyclic) bond motifs is 27. The Labute approximate surface area is 848 Å². The van der Waals surface area contributed by atoms with Crippen LogP contribution in [0.4, 0.5) is 0 Å². The summed E-state index contributed by atoms with van der Waals surface area (Å²) in [6.07, 6.45) is 19.9. The second-order valence-corrected chi connectivity index (χ2v) is 47.4. The number of hydrogen-bond acceptors (Lipinski definition) is 8. The molecule has 12 heteroatoms. The van der Waals surface area contributed by atoms with Crippen LogP contribution in [-0.4, -0.2) is 19.9 Å². The highest BCUT2D eigenvalue weighted by Gasteiger charge is 2.52. The molecule has 0 unspecified atom stereocenters. The van der Waals surface area contributed by atoms with Gasteiger partial charge in [-0.1, -0.05) is 242 Å². The molecule has 1 fully saturated rings. The molecule has 5 aliphatic rings. The first kappa shape index (κ1) is 95.0. The first-order chi connectivity index (χ1) is 68.5. The zero-order valence-corrected chi connectivity index (χ0v) is 89.8. The summed E-state index contributed by atoms with van der Waals surface area (Å²) in [4.78, 5) is 21.0. The summed E-state index contributed by atoms with van der Waals surface area (Å²) in [6.45, 7) is 54.2. The Balaban J connectivity index is 0.000000110. The van der Waals surface area contributed by atoms with Crippen LogP contribution in [0.5, 0.6) is 0 Å². The summed E-state index contributed by atoms with van der Waals surface area (Å²) in [5.41, 5.74) is 52.0. The van der Waals surface area contributed by atoms with Gasteiger partial charge in [0.15, 0.2) is 47.1 Å². The molecule has 0 amide bonds. The van der Waals surface area contributed by atoms with Crippen LogP contribution in [0.1, 0.15) is 246 Å². The first-order valence-electron chi connectivity index (χ1n) is 52.3. The van der Waals surface area contributed by atoms with Crippen LogP contribution in [0.2, 0.25) is 0 Å². The number of pyridine rings is 8. The van der Waals surface area contributed by atoms with Crippen molar-refractivity contribution in [3.05, 3.63) is 331 Å². The third-order valence-electron chi connectivity index (χ3n) is 33.1. The van der Waals surface area contributed by atoms with E-state index in [1.807, 2.05) is 6.20 Å². The minimum Gasteiger partial charge on any atom is -0.437 e. The maximum atomic E-state index is 6.80. The topological polar surface area (TPSA) is 120 Å². The summed E-state index contributed by atoms with van der Waals surface area (Å²) in [5.74, 6) is 1.11. The molecule has 726 valence electrons. The van der Waals surface area contributed by atoms with Gasteiger partial charge in [-0.3, -0.25) is 0 Å². The third-order valence-corrected chi connectivity index (χ3v) is 33.1. The highest BCUT2D eigenvalue weighted by Crippen LogP contribution is 2.62. The van der Waals surface area contributed by atoms with E-state index in [-0.39, 0.29) is 32.5 Å². The van der Waals surface area contributed by atoms with E-state index in [2.05, 4.69) is 425 Å². The molecule has 0 aliphatic heterocycles. The Kier molecular flexibility index (Phi) is 22.7. The van der Waals surface area contributed by atoms with Gasteiger partial charge in [0.2, 0.25) is 45.6 Å². The van der Waals surface area contributed by atoms with Gasteiger partial charge < -0.3 is 17.7 Å². The fourth-order valence-corrected chi connectivity index (χ4v) is 26.6. The Morgan fingerprint density at radius 1 is 0.312 bits per heavy atom.